The van der Waals surface area contributed by atoms with Crippen molar-refractivity contribution >= 4 is 15.5 Å². The first-order valence-corrected chi connectivity index (χ1v) is 9.44. The van der Waals surface area contributed by atoms with Crippen molar-refractivity contribution < 1.29 is 13.5 Å². The SMILES string of the molecule is CCCS(=O)(=O)c1ccccc1N1CCCCC1CCO. The topological polar surface area (TPSA) is 57.6 Å². The zero-order chi connectivity index (χ0) is 15.3. The van der Waals surface area contributed by atoms with Gasteiger partial charge in [-0.05, 0) is 44.2 Å². The van der Waals surface area contributed by atoms with Crippen LogP contribution < -0.4 is 4.90 Å². The van der Waals surface area contributed by atoms with Gasteiger partial charge in [-0.1, -0.05) is 19.1 Å². The third-order valence-corrected chi connectivity index (χ3v) is 6.03. The lowest BCUT2D eigenvalue weighted by Crippen LogP contribution is -2.40. The van der Waals surface area contributed by atoms with Crippen LogP contribution in [0.1, 0.15) is 39.0 Å². The summed E-state index contributed by atoms with van der Waals surface area (Å²) in [7, 11) is -3.23. The maximum atomic E-state index is 12.5. The number of aliphatic hydroxyl groups is 1. The van der Waals surface area contributed by atoms with Gasteiger partial charge in [0.1, 0.15) is 0 Å². The molecule has 21 heavy (non-hydrogen) atoms. The van der Waals surface area contributed by atoms with Crippen LogP contribution in [-0.4, -0.2) is 38.5 Å². The maximum absolute atomic E-state index is 12.5. The van der Waals surface area contributed by atoms with Crippen molar-refractivity contribution in [2.24, 2.45) is 0 Å². The Balaban J connectivity index is 2.38. The molecule has 5 heteroatoms. The van der Waals surface area contributed by atoms with Gasteiger partial charge in [0.2, 0.25) is 0 Å². The summed E-state index contributed by atoms with van der Waals surface area (Å²) < 4.78 is 25.0. The van der Waals surface area contributed by atoms with E-state index in [1.807, 2.05) is 19.1 Å². The highest BCUT2D eigenvalue weighted by atomic mass is 32.2. The molecule has 118 valence electrons. The minimum Gasteiger partial charge on any atom is -0.396 e. The molecular formula is C16H25NO3S. The quantitative estimate of drug-likeness (QED) is 0.877. The van der Waals surface area contributed by atoms with Gasteiger partial charge in [0.15, 0.2) is 9.84 Å². The smallest absolute Gasteiger partial charge is 0.180 e. The van der Waals surface area contributed by atoms with Crippen LogP contribution in [0.3, 0.4) is 0 Å². The van der Waals surface area contributed by atoms with Gasteiger partial charge in [-0.3, -0.25) is 0 Å². The minimum absolute atomic E-state index is 0.144. The number of hydrogen-bond donors (Lipinski definition) is 1. The molecule has 1 aliphatic rings. The van der Waals surface area contributed by atoms with E-state index in [0.29, 0.717) is 17.7 Å². The summed E-state index contributed by atoms with van der Waals surface area (Å²) in [6.45, 7) is 2.89. The van der Waals surface area contributed by atoms with Gasteiger partial charge >= 0.3 is 0 Å². The standard InChI is InChI=1S/C16H25NO3S/c1-2-13-21(19,20)16-9-4-3-8-15(16)17-11-6-5-7-14(17)10-12-18/h3-4,8-9,14,18H,2,5-7,10-13H2,1H3. The Morgan fingerprint density at radius 3 is 2.76 bits per heavy atom. The molecule has 1 unspecified atom stereocenters. The summed E-state index contributed by atoms with van der Waals surface area (Å²) >= 11 is 0. The van der Waals surface area contributed by atoms with E-state index < -0.39 is 9.84 Å². The average molecular weight is 311 g/mol. The number of anilines is 1. The molecule has 1 aliphatic heterocycles. The lowest BCUT2D eigenvalue weighted by molar-refractivity contribution is 0.262. The van der Waals surface area contributed by atoms with Crippen LogP contribution in [0.15, 0.2) is 29.2 Å². The fourth-order valence-corrected chi connectivity index (χ4v) is 4.65. The maximum Gasteiger partial charge on any atom is 0.180 e. The summed E-state index contributed by atoms with van der Waals surface area (Å²) in [5.41, 5.74) is 0.809. The van der Waals surface area contributed by atoms with Crippen LogP contribution in [0.25, 0.3) is 0 Å². The molecule has 0 radical (unpaired) electrons. The average Bonchev–Trinajstić information content (AvgIpc) is 2.48. The van der Waals surface area contributed by atoms with Gasteiger partial charge in [-0.25, -0.2) is 8.42 Å². The summed E-state index contributed by atoms with van der Waals surface area (Å²) in [6.07, 6.45) is 4.55. The second-order valence-corrected chi connectivity index (χ2v) is 7.72. The number of benzene rings is 1. The molecule has 0 bridgehead atoms. The van der Waals surface area contributed by atoms with Gasteiger partial charge in [0.05, 0.1) is 16.3 Å². The number of para-hydroxylation sites is 1. The molecule has 1 fully saturated rings. The Morgan fingerprint density at radius 2 is 2.05 bits per heavy atom. The molecule has 1 aromatic rings. The number of sulfone groups is 1. The van der Waals surface area contributed by atoms with Crippen LogP contribution >= 0.6 is 0 Å². The van der Waals surface area contributed by atoms with Crippen molar-refractivity contribution in [1.82, 2.24) is 0 Å². The molecule has 2 rings (SSSR count). The van der Waals surface area contributed by atoms with E-state index in [4.69, 9.17) is 0 Å². The number of piperidine rings is 1. The Labute approximate surface area is 127 Å². The summed E-state index contributed by atoms with van der Waals surface area (Å²) in [4.78, 5) is 2.62. The van der Waals surface area contributed by atoms with E-state index in [-0.39, 0.29) is 18.4 Å². The highest BCUT2D eigenvalue weighted by molar-refractivity contribution is 7.91. The van der Waals surface area contributed by atoms with E-state index in [9.17, 15) is 13.5 Å². The Morgan fingerprint density at radius 1 is 1.29 bits per heavy atom. The molecule has 4 nitrogen and oxygen atoms in total. The van der Waals surface area contributed by atoms with Crippen LogP contribution in [0.5, 0.6) is 0 Å². The lowest BCUT2D eigenvalue weighted by Gasteiger charge is -2.38. The van der Waals surface area contributed by atoms with Crippen LogP contribution in [0.2, 0.25) is 0 Å². The fourth-order valence-electron chi connectivity index (χ4n) is 3.10. The largest absolute Gasteiger partial charge is 0.396 e. The van der Waals surface area contributed by atoms with Crippen LogP contribution in [0.4, 0.5) is 5.69 Å². The van der Waals surface area contributed by atoms with Crippen LogP contribution in [-0.2, 0) is 9.84 Å². The van der Waals surface area contributed by atoms with Crippen molar-refractivity contribution in [1.29, 1.82) is 0 Å². The van der Waals surface area contributed by atoms with Crippen molar-refractivity contribution in [3.8, 4) is 0 Å². The van der Waals surface area contributed by atoms with Crippen molar-refractivity contribution in [3.05, 3.63) is 24.3 Å². The molecule has 0 spiro atoms. The van der Waals surface area contributed by atoms with E-state index >= 15 is 0 Å². The van der Waals surface area contributed by atoms with Gasteiger partial charge < -0.3 is 10.0 Å². The monoisotopic (exact) mass is 311 g/mol. The van der Waals surface area contributed by atoms with E-state index in [1.165, 1.54) is 0 Å². The van der Waals surface area contributed by atoms with Gasteiger partial charge in [0.25, 0.3) is 0 Å². The highest BCUT2D eigenvalue weighted by Crippen LogP contribution is 2.32. The summed E-state index contributed by atoms with van der Waals surface area (Å²) in [5, 5.41) is 9.25. The van der Waals surface area contributed by atoms with Gasteiger partial charge in [0, 0.05) is 19.2 Å². The second kappa shape index (κ2) is 7.27. The molecule has 0 saturated carbocycles. The summed E-state index contributed by atoms with van der Waals surface area (Å²) in [5.74, 6) is 0.183. The number of hydrogen-bond acceptors (Lipinski definition) is 4. The molecule has 1 saturated heterocycles. The third-order valence-electron chi connectivity index (χ3n) is 4.07. The first-order chi connectivity index (χ1) is 10.1. The van der Waals surface area contributed by atoms with Crippen LogP contribution in [0, 0.1) is 0 Å². The van der Waals surface area contributed by atoms with E-state index in [2.05, 4.69) is 4.90 Å². The first kappa shape index (κ1) is 16.3. The third kappa shape index (κ3) is 3.77. The predicted molar refractivity (Wildman–Crippen MR) is 85.5 cm³/mol. The zero-order valence-corrected chi connectivity index (χ0v) is 13.5. The molecule has 1 atom stereocenters. The summed E-state index contributed by atoms with van der Waals surface area (Å²) in [6, 6.07) is 7.53. The van der Waals surface area contributed by atoms with Gasteiger partial charge in [-0.2, -0.15) is 0 Å². The molecule has 1 heterocycles. The molecular weight excluding hydrogens is 286 g/mol. The highest BCUT2D eigenvalue weighted by Gasteiger charge is 2.27. The lowest BCUT2D eigenvalue weighted by atomic mass is 9.99. The van der Waals surface area contributed by atoms with Gasteiger partial charge in [-0.15, -0.1) is 0 Å². The molecule has 1 N–H and O–H groups in total. The van der Waals surface area contributed by atoms with Crippen molar-refractivity contribution in [3.63, 3.8) is 0 Å². The normalized spacial score (nSPS) is 19.7. The van der Waals surface area contributed by atoms with E-state index in [1.54, 1.807) is 12.1 Å². The minimum atomic E-state index is -3.23. The molecule has 0 aliphatic carbocycles. The molecule has 0 amide bonds. The molecule has 1 aromatic carbocycles. The Kier molecular flexibility index (Phi) is 5.65. The first-order valence-electron chi connectivity index (χ1n) is 7.79. The molecule has 0 aromatic heterocycles. The number of nitrogens with zero attached hydrogens (tertiary/aromatic N) is 1. The van der Waals surface area contributed by atoms with Crippen molar-refractivity contribution in [2.45, 2.75) is 50.0 Å². The predicted octanol–water partition coefficient (Wildman–Crippen LogP) is 2.61. The second-order valence-electron chi connectivity index (χ2n) is 5.64. The number of rotatable bonds is 6. The number of aliphatic hydroxyl groups excluding tert-OH is 1. The Bertz CT molecular complexity index is 554. The van der Waals surface area contributed by atoms with E-state index in [0.717, 1.165) is 31.5 Å². The fraction of sp³-hybridized carbons (Fsp3) is 0.625. The van der Waals surface area contributed by atoms with Crippen molar-refractivity contribution in [2.75, 3.05) is 23.8 Å². The zero-order valence-electron chi connectivity index (χ0n) is 12.7. The Hall–Kier alpha value is -1.07.